The molecule has 0 saturated carbocycles. The number of hydrogen-bond donors (Lipinski definition) is 1. The Morgan fingerprint density at radius 1 is 1.00 bits per heavy atom. The third-order valence-corrected chi connectivity index (χ3v) is 5.60. The van der Waals surface area contributed by atoms with Crippen LogP contribution in [0, 0.1) is 17.5 Å². The predicted octanol–water partition coefficient (Wildman–Crippen LogP) is 6.64. The van der Waals surface area contributed by atoms with E-state index in [0.717, 1.165) is 18.2 Å². The van der Waals surface area contributed by atoms with Gasteiger partial charge in [-0.05, 0) is 69.4 Å². The summed E-state index contributed by atoms with van der Waals surface area (Å²) in [5.41, 5.74) is 6.71. The van der Waals surface area contributed by atoms with Crippen LogP contribution in [0.1, 0.15) is 50.3 Å². The fraction of sp³-hybridized carbons (Fsp3) is 0.538. The minimum atomic E-state index is -4.67. The van der Waals surface area contributed by atoms with Crippen molar-refractivity contribution in [1.82, 2.24) is 0 Å². The molecular formula is C26H32F6NO4Y-. The summed E-state index contributed by atoms with van der Waals surface area (Å²) in [5.74, 6) is -5.38. The third kappa shape index (κ3) is 10.4. The molecule has 0 bridgehead atoms. The number of ether oxygens (including phenoxy) is 3. The monoisotopic (exact) mass is 625 g/mol. The molecule has 211 valence electrons. The fourth-order valence-electron chi connectivity index (χ4n) is 3.52. The van der Waals surface area contributed by atoms with E-state index in [4.69, 9.17) is 25.1 Å². The van der Waals surface area contributed by atoms with Crippen LogP contribution in [-0.2, 0) is 61.2 Å². The second-order valence-corrected chi connectivity index (χ2v) is 9.19. The molecule has 2 aromatic carbocycles. The van der Waals surface area contributed by atoms with Crippen molar-refractivity contribution in [2.24, 2.45) is 0 Å². The van der Waals surface area contributed by atoms with Crippen molar-refractivity contribution in [3.63, 3.8) is 0 Å². The van der Waals surface area contributed by atoms with Gasteiger partial charge in [0.15, 0.2) is 23.2 Å². The van der Waals surface area contributed by atoms with E-state index in [2.05, 4.69) is 0 Å². The number of halogens is 6. The van der Waals surface area contributed by atoms with E-state index in [1.807, 2.05) is 0 Å². The van der Waals surface area contributed by atoms with E-state index in [0.29, 0.717) is 5.56 Å². The van der Waals surface area contributed by atoms with Gasteiger partial charge in [0.25, 0.3) is 0 Å². The maximum atomic E-state index is 13.7. The number of benzene rings is 2. The molecule has 1 saturated heterocycles. The zero-order valence-corrected chi connectivity index (χ0v) is 24.4. The molecule has 38 heavy (non-hydrogen) atoms. The third-order valence-electron chi connectivity index (χ3n) is 5.60. The number of aryl methyl sites for hydroxylation is 2. The van der Waals surface area contributed by atoms with Gasteiger partial charge in [-0.1, -0.05) is 24.1 Å². The fourth-order valence-corrected chi connectivity index (χ4v) is 3.52. The largest absolute Gasteiger partial charge is 0.668 e. The molecular weight excluding hydrogens is 593 g/mol. The van der Waals surface area contributed by atoms with Gasteiger partial charge in [-0.3, -0.25) is 0 Å². The summed E-state index contributed by atoms with van der Waals surface area (Å²) >= 11 is 0. The number of rotatable bonds is 8. The van der Waals surface area contributed by atoms with Gasteiger partial charge in [0.1, 0.15) is 5.75 Å². The standard InChI is InChI=1S/C24H26F6NO3.C2H6O.Y/c1-22(2)33-13-23(31,14-34-22)10-9-15-5-8-19(17(12-15)24(28,29)30)32-11-3-4-16-6-7-18(25)21(27)20(16)26;1-2-3;/h5-8,12,31H,3-4,9-11,13-14H2,1-2H3;3H,2H2,1H3;/q-1;;. The van der Waals surface area contributed by atoms with Crippen LogP contribution in [0.25, 0.3) is 5.73 Å². The van der Waals surface area contributed by atoms with Crippen molar-refractivity contribution < 1.29 is 78.4 Å². The summed E-state index contributed by atoms with van der Waals surface area (Å²) in [6.07, 6.45) is -4.14. The van der Waals surface area contributed by atoms with Crippen LogP contribution in [0.4, 0.5) is 26.3 Å². The number of alkyl halides is 3. The van der Waals surface area contributed by atoms with Gasteiger partial charge in [-0.2, -0.15) is 13.2 Å². The maximum Gasteiger partial charge on any atom is 0.419 e. The first-order valence-corrected chi connectivity index (χ1v) is 11.8. The second kappa shape index (κ2) is 15.0. The van der Waals surface area contributed by atoms with Crippen LogP contribution < -0.4 is 4.74 Å². The molecule has 0 amide bonds. The first-order chi connectivity index (χ1) is 17.2. The Labute approximate surface area is 243 Å². The van der Waals surface area contributed by atoms with Gasteiger partial charge in [-0.25, -0.2) is 13.2 Å². The quantitative estimate of drug-likeness (QED) is 0.203. The Morgan fingerprint density at radius 3 is 2.18 bits per heavy atom. The topological polar surface area (TPSA) is 71.7 Å². The molecule has 0 aromatic heterocycles. The molecule has 1 fully saturated rings. The van der Waals surface area contributed by atoms with Crippen LogP contribution in [0.3, 0.4) is 0 Å². The second-order valence-electron chi connectivity index (χ2n) is 9.19. The van der Waals surface area contributed by atoms with Crippen LogP contribution >= 0.6 is 0 Å². The molecule has 0 atom stereocenters. The number of hydrogen-bond acceptors (Lipinski definition) is 4. The van der Waals surface area contributed by atoms with Crippen molar-refractivity contribution in [2.45, 2.75) is 64.0 Å². The molecule has 1 aliphatic heterocycles. The van der Waals surface area contributed by atoms with E-state index in [9.17, 15) is 26.3 Å². The average molecular weight is 625 g/mol. The van der Waals surface area contributed by atoms with Crippen molar-refractivity contribution >= 4 is 0 Å². The first-order valence-electron chi connectivity index (χ1n) is 11.8. The smallest absolute Gasteiger partial charge is 0.419 e. The van der Waals surface area contributed by atoms with Crippen molar-refractivity contribution in [1.29, 1.82) is 0 Å². The molecule has 1 radical (unpaired) electrons. The van der Waals surface area contributed by atoms with Gasteiger partial charge < -0.3 is 25.1 Å². The maximum absolute atomic E-state index is 13.7. The predicted molar refractivity (Wildman–Crippen MR) is 126 cm³/mol. The van der Waals surface area contributed by atoms with Crippen molar-refractivity contribution in [2.75, 3.05) is 26.4 Å². The Hall–Kier alpha value is -1.24. The Kier molecular flexibility index (Phi) is 13.7. The zero-order chi connectivity index (χ0) is 27.9. The summed E-state index contributed by atoms with van der Waals surface area (Å²) in [5, 5.41) is 7.57. The number of aliphatic hydroxyl groups excluding tert-OH is 1. The Morgan fingerprint density at radius 2 is 1.61 bits per heavy atom. The van der Waals surface area contributed by atoms with Crippen molar-refractivity contribution in [3.05, 3.63) is 70.2 Å². The molecule has 0 spiro atoms. The molecule has 0 unspecified atom stereocenters. The average Bonchev–Trinajstić information content (AvgIpc) is 2.83. The van der Waals surface area contributed by atoms with E-state index < -0.39 is 40.5 Å². The van der Waals surface area contributed by atoms with E-state index >= 15 is 0 Å². The molecule has 3 rings (SSSR count). The molecule has 12 heteroatoms. The number of nitrogens with one attached hydrogen (secondary N) is 1. The van der Waals surface area contributed by atoms with Crippen molar-refractivity contribution in [3.8, 4) is 5.75 Å². The SMILES string of the molecule is CC1(C)OCC([NH-])(CCc2ccc(OCCCc3ccc(F)c(F)c3F)c(C(F)(F)F)c2)CO1.CCO.[Y]. The van der Waals surface area contributed by atoms with Crippen LogP contribution in [0.2, 0.25) is 0 Å². The number of aliphatic hydroxyl groups is 1. The zero-order valence-electron chi connectivity index (χ0n) is 21.6. The van der Waals surface area contributed by atoms with E-state index in [-0.39, 0.29) is 96.1 Å². The van der Waals surface area contributed by atoms with Crippen LogP contribution in [0.5, 0.6) is 5.75 Å². The van der Waals surface area contributed by atoms with Gasteiger partial charge in [0.2, 0.25) is 0 Å². The normalized spacial score (nSPS) is 16.2. The van der Waals surface area contributed by atoms with E-state index in [1.165, 1.54) is 12.1 Å². The van der Waals surface area contributed by atoms with Crippen LogP contribution in [-0.4, -0.2) is 42.9 Å². The van der Waals surface area contributed by atoms with Crippen LogP contribution in [0.15, 0.2) is 30.3 Å². The molecule has 0 aliphatic carbocycles. The minimum Gasteiger partial charge on any atom is -0.668 e. The molecule has 1 aliphatic rings. The molecule has 1 heterocycles. The summed E-state index contributed by atoms with van der Waals surface area (Å²) < 4.78 is 97.1. The summed E-state index contributed by atoms with van der Waals surface area (Å²) in [6.45, 7) is 5.45. The Balaban J connectivity index is 0.00000172. The summed E-state index contributed by atoms with van der Waals surface area (Å²) in [6, 6.07) is 5.58. The molecule has 2 N–H and O–H groups in total. The minimum absolute atomic E-state index is 0. The summed E-state index contributed by atoms with van der Waals surface area (Å²) in [7, 11) is 0. The first kappa shape index (κ1) is 34.8. The molecule has 2 aromatic rings. The van der Waals surface area contributed by atoms with Gasteiger partial charge in [-0.15, -0.1) is 0 Å². The summed E-state index contributed by atoms with van der Waals surface area (Å²) in [4.78, 5) is 0. The van der Waals surface area contributed by atoms with Gasteiger partial charge >= 0.3 is 6.18 Å². The molecule has 5 nitrogen and oxygen atoms in total. The van der Waals surface area contributed by atoms with Gasteiger partial charge in [0.05, 0.1) is 12.2 Å². The van der Waals surface area contributed by atoms with Gasteiger partial charge in [0, 0.05) is 52.5 Å². The van der Waals surface area contributed by atoms with E-state index in [1.54, 1.807) is 20.8 Å². The Bertz CT molecular complexity index is 1030.